The molecule has 0 bridgehead atoms. The maximum atomic E-state index is 5.15. The molecule has 56 heavy (non-hydrogen) atoms. The van der Waals surface area contributed by atoms with Gasteiger partial charge in [0.05, 0.1) is 0 Å². The largest absolute Gasteiger partial charge is 0.264 e. The quantitative estimate of drug-likeness (QED) is 0.161. The van der Waals surface area contributed by atoms with E-state index < -0.39 is 0 Å². The Morgan fingerprint density at radius 2 is 0.786 bits per heavy atom. The fourth-order valence-corrected chi connectivity index (χ4v) is 8.27. The summed E-state index contributed by atoms with van der Waals surface area (Å²) in [4.78, 5) is 19.8. The van der Waals surface area contributed by atoms with E-state index in [1.165, 1.54) is 54.2 Å². The van der Waals surface area contributed by atoms with Crippen LogP contribution in [0, 0.1) is 0 Å². The van der Waals surface area contributed by atoms with Gasteiger partial charge in [0.25, 0.3) is 0 Å². The minimum atomic E-state index is 0.610. The lowest BCUT2D eigenvalue weighted by atomic mass is 9.90. The Bertz CT molecular complexity index is 3210. The molecule has 11 rings (SSSR count). The van der Waals surface area contributed by atoms with Crippen LogP contribution in [0.4, 0.5) is 0 Å². The second-order valence-corrected chi connectivity index (χ2v) is 14.2. The molecule has 0 amide bonds. The van der Waals surface area contributed by atoms with Crippen molar-refractivity contribution in [3.63, 3.8) is 0 Å². The summed E-state index contributed by atoms with van der Waals surface area (Å²) >= 11 is 0. The molecule has 260 valence electrons. The van der Waals surface area contributed by atoms with E-state index >= 15 is 0 Å². The Hall–Kier alpha value is -7.56. The Morgan fingerprint density at radius 1 is 0.268 bits per heavy atom. The van der Waals surface area contributed by atoms with E-state index in [4.69, 9.17) is 15.0 Å². The standard InChI is InChI=1S/C52H32N4/c1-2-13-42-33(8-1)9-6-16-43(42)34-17-23-39(24-18-34)50-54-51(56-52(55-50)47-15-4-3-14-44(47)41-12-7-31-53-32-41)40-25-19-35(20-26-40)45-29-27-38-22-21-36-10-5-11-37-28-30-46(45)49(38)48(36)37/h1-32H. The SMILES string of the molecule is c1cncc(-c2ccccc2-c2nc(-c3ccc(-c4cccc5ccccc45)cc3)nc(-c3ccc(-c4ccc5ccc6cccc7ccc4c5c67)cc3)n2)c1. The molecule has 0 spiro atoms. The van der Waals surface area contributed by atoms with E-state index in [9.17, 15) is 0 Å². The van der Waals surface area contributed by atoms with Crippen molar-refractivity contribution in [2.45, 2.75) is 0 Å². The highest BCUT2D eigenvalue weighted by molar-refractivity contribution is 6.25. The lowest BCUT2D eigenvalue weighted by Gasteiger charge is -2.14. The van der Waals surface area contributed by atoms with Crippen molar-refractivity contribution in [1.82, 2.24) is 19.9 Å². The minimum absolute atomic E-state index is 0.610. The van der Waals surface area contributed by atoms with Gasteiger partial charge in [0.2, 0.25) is 0 Å². The second-order valence-electron chi connectivity index (χ2n) is 14.2. The first-order valence-corrected chi connectivity index (χ1v) is 18.9. The molecule has 0 saturated carbocycles. The molecular weight excluding hydrogens is 681 g/mol. The highest BCUT2D eigenvalue weighted by Crippen LogP contribution is 2.40. The molecule has 2 aromatic heterocycles. The smallest absolute Gasteiger partial charge is 0.164 e. The molecule has 4 nitrogen and oxygen atoms in total. The molecule has 0 atom stereocenters. The summed E-state index contributed by atoms with van der Waals surface area (Å²) in [6, 6.07) is 64.4. The fourth-order valence-electron chi connectivity index (χ4n) is 8.27. The van der Waals surface area contributed by atoms with E-state index in [1.807, 2.05) is 24.4 Å². The summed E-state index contributed by atoms with van der Waals surface area (Å²) in [5.41, 5.74) is 9.46. The van der Waals surface area contributed by atoms with E-state index in [2.05, 4.69) is 169 Å². The van der Waals surface area contributed by atoms with Gasteiger partial charge in [-0.25, -0.2) is 15.0 Å². The average Bonchev–Trinajstić information content (AvgIpc) is 3.28. The third-order valence-corrected chi connectivity index (χ3v) is 11.0. The van der Waals surface area contributed by atoms with Gasteiger partial charge in [0.15, 0.2) is 17.5 Å². The topological polar surface area (TPSA) is 51.6 Å². The van der Waals surface area contributed by atoms with Gasteiger partial charge in [0.1, 0.15) is 0 Å². The molecule has 0 saturated heterocycles. The van der Waals surface area contributed by atoms with Crippen LogP contribution in [0.5, 0.6) is 0 Å². The maximum absolute atomic E-state index is 5.15. The van der Waals surface area contributed by atoms with E-state index in [0.29, 0.717) is 17.5 Å². The predicted octanol–water partition coefficient (Wildman–Crippen LogP) is 13.3. The van der Waals surface area contributed by atoms with Crippen molar-refractivity contribution < 1.29 is 0 Å². The van der Waals surface area contributed by atoms with Gasteiger partial charge in [-0.15, -0.1) is 0 Å². The summed E-state index contributed by atoms with van der Waals surface area (Å²) in [6.45, 7) is 0. The Morgan fingerprint density at radius 3 is 1.50 bits per heavy atom. The third kappa shape index (κ3) is 5.39. The number of nitrogens with zero attached hydrogens (tertiary/aromatic N) is 4. The normalized spacial score (nSPS) is 11.6. The van der Waals surface area contributed by atoms with Gasteiger partial charge >= 0.3 is 0 Å². The summed E-state index contributed by atoms with van der Waals surface area (Å²) in [7, 11) is 0. The van der Waals surface area contributed by atoms with Gasteiger partial charge in [-0.3, -0.25) is 4.98 Å². The van der Waals surface area contributed by atoms with Crippen molar-refractivity contribution >= 4 is 43.1 Å². The van der Waals surface area contributed by atoms with Crippen LogP contribution < -0.4 is 0 Å². The average molecular weight is 713 g/mol. The lowest BCUT2D eigenvalue weighted by Crippen LogP contribution is -2.01. The molecule has 11 aromatic rings. The fraction of sp³-hybridized carbons (Fsp3) is 0. The summed E-state index contributed by atoms with van der Waals surface area (Å²) in [5, 5.41) is 10.1. The van der Waals surface area contributed by atoms with Crippen molar-refractivity contribution in [2.75, 3.05) is 0 Å². The number of rotatable bonds is 6. The van der Waals surface area contributed by atoms with Gasteiger partial charge in [0, 0.05) is 34.6 Å². The monoisotopic (exact) mass is 712 g/mol. The van der Waals surface area contributed by atoms with Crippen LogP contribution >= 0.6 is 0 Å². The zero-order valence-electron chi connectivity index (χ0n) is 30.3. The molecular formula is C52H32N4. The zero-order chi connectivity index (χ0) is 37.0. The molecule has 4 heteroatoms. The maximum Gasteiger partial charge on any atom is 0.164 e. The van der Waals surface area contributed by atoms with E-state index in [-0.39, 0.29) is 0 Å². The molecule has 0 radical (unpaired) electrons. The van der Waals surface area contributed by atoms with Gasteiger partial charge < -0.3 is 0 Å². The lowest BCUT2D eigenvalue weighted by molar-refractivity contribution is 1.07. The van der Waals surface area contributed by atoms with Crippen LogP contribution in [-0.4, -0.2) is 19.9 Å². The second kappa shape index (κ2) is 13.1. The summed E-state index contributed by atoms with van der Waals surface area (Å²) < 4.78 is 0. The number of benzene rings is 9. The van der Waals surface area contributed by atoms with Crippen molar-refractivity contribution in [3.8, 4) is 67.5 Å². The first-order chi connectivity index (χ1) is 27.7. The zero-order valence-corrected chi connectivity index (χ0v) is 30.3. The van der Waals surface area contributed by atoms with Gasteiger partial charge in [-0.2, -0.15) is 0 Å². The molecule has 2 heterocycles. The Kier molecular flexibility index (Phi) is 7.46. The number of pyridine rings is 1. The van der Waals surface area contributed by atoms with Crippen LogP contribution in [0.3, 0.4) is 0 Å². The van der Waals surface area contributed by atoms with Crippen LogP contribution in [0.2, 0.25) is 0 Å². The number of hydrogen-bond acceptors (Lipinski definition) is 4. The molecule has 0 aliphatic rings. The predicted molar refractivity (Wildman–Crippen MR) is 231 cm³/mol. The third-order valence-electron chi connectivity index (χ3n) is 11.0. The van der Waals surface area contributed by atoms with Crippen LogP contribution in [0.1, 0.15) is 0 Å². The Balaban J connectivity index is 1.03. The summed E-state index contributed by atoms with van der Waals surface area (Å²) in [6.07, 6.45) is 3.67. The van der Waals surface area contributed by atoms with Crippen molar-refractivity contribution in [3.05, 3.63) is 194 Å². The first-order valence-electron chi connectivity index (χ1n) is 18.9. The van der Waals surface area contributed by atoms with Gasteiger partial charge in [-0.1, -0.05) is 176 Å². The van der Waals surface area contributed by atoms with Crippen LogP contribution in [0.15, 0.2) is 194 Å². The molecule has 0 fully saturated rings. The molecule has 0 unspecified atom stereocenters. The van der Waals surface area contributed by atoms with E-state index in [0.717, 1.165) is 38.9 Å². The summed E-state index contributed by atoms with van der Waals surface area (Å²) in [5.74, 6) is 1.84. The molecule has 0 aliphatic heterocycles. The number of hydrogen-bond donors (Lipinski definition) is 0. The van der Waals surface area contributed by atoms with Crippen LogP contribution in [0.25, 0.3) is 111 Å². The van der Waals surface area contributed by atoms with Crippen LogP contribution in [-0.2, 0) is 0 Å². The highest BCUT2D eigenvalue weighted by Gasteiger charge is 2.17. The van der Waals surface area contributed by atoms with Crippen molar-refractivity contribution in [2.24, 2.45) is 0 Å². The Labute approximate surface area is 323 Å². The molecule has 0 N–H and O–H groups in total. The van der Waals surface area contributed by atoms with Crippen molar-refractivity contribution in [1.29, 1.82) is 0 Å². The van der Waals surface area contributed by atoms with Gasteiger partial charge in [-0.05, 0) is 77.0 Å². The molecule has 9 aromatic carbocycles. The number of aromatic nitrogens is 4. The highest BCUT2D eigenvalue weighted by atomic mass is 15.0. The number of fused-ring (bicyclic) bond motifs is 1. The van der Waals surface area contributed by atoms with E-state index in [1.54, 1.807) is 6.20 Å². The molecule has 0 aliphatic carbocycles. The first kappa shape index (κ1) is 31.9. The minimum Gasteiger partial charge on any atom is -0.264 e.